The van der Waals surface area contributed by atoms with Crippen LogP contribution in [0.5, 0.6) is 0 Å². The summed E-state index contributed by atoms with van der Waals surface area (Å²) in [5, 5.41) is 16.6. The average Bonchev–Trinajstić information content (AvgIpc) is 2.62. The maximum Gasteiger partial charge on any atom is 0.146 e. The second-order valence-corrected chi connectivity index (χ2v) is 6.59. The van der Waals surface area contributed by atoms with Crippen molar-refractivity contribution in [1.29, 1.82) is 0 Å². The van der Waals surface area contributed by atoms with Gasteiger partial charge in [0.05, 0.1) is 0 Å². The smallest absolute Gasteiger partial charge is 0.146 e. The fourth-order valence-electron chi connectivity index (χ4n) is 3.16. The molecule has 0 spiro atoms. The van der Waals surface area contributed by atoms with Crippen molar-refractivity contribution in [1.82, 2.24) is 0 Å². The second-order valence-electron chi connectivity index (χ2n) is 6.15. The largest absolute Gasteiger partial charge is 0.409 e. The molecule has 1 aliphatic heterocycles. The SMILES string of the molecule is O/N=C(/CC1CCN(c2ccccc2)CC1)Nc1cccc(Cl)c1. The summed E-state index contributed by atoms with van der Waals surface area (Å²) < 4.78 is 0. The van der Waals surface area contributed by atoms with Crippen LogP contribution in [0.3, 0.4) is 0 Å². The Labute approximate surface area is 147 Å². The predicted molar refractivity (Wildman–Crippen MR) is 100 cm³/mol. The number of hydrogen-bond donors (Lipinski definition) is 2. The molecule has 0 aromatic heterocycles. The highest BCUT2D eigenvalue weighted by Crippen LogP contribution is 2.26. The van der Waals surface area contributed by atoms with E-state index in [1.54, 1.807) is 0 Å². The topological polar surface area (TPSA) is 47.9 Å². The van der Waals surface area contributed by atoms with Gasteiger partial charge in [0.2, 0.25) is 0 Å². The first-order chi connectivity index (χ1) is 11.7. The lowest BCUT2D eigenvalue weighted by atomic mass is 9.92. The lowest BCUT2D eigenvalue weighted by Gasteiger charge is -2.33. The summed E-state index contributed by atoms with van der Waals surface area (Å²) in [7, 11) is 0. The number of hydrogen-bond acceptors (Lipinski definition) is 3. The molecule has 126 valence electrons. The molecule has 0 radical (unpaired) electrons. The monoisotopic (exact) mass is 343 g/mol. The number of benzene rings is 2. The summed E-state index contributed by atoms with van der Waals surface area (Å²) in [5.41, 5.74) is 2.13. The molecule has 24 heavy (non-hydrogen) atoms. The number of nitrogens with one attached hydrogen (secondary N) is 1. The molecule has 1 fully saturated rings. The molecule has 0 unspecified atom stereocenters. The van der Waals surface area contributed by atoms with Gasteiger partial charge in [0.25, 0.3) is 0 Å². The molecule has 4 nitrogen and oxygen atoms in total. The van der Waals surface area contributed by atoms with Gasteiger partial charge >= 0.3 is 0 Å². The summed E-state index contributed by atoms with van der Waals surface area (Å²) in [6, 6.07) is 17.9. The molecule has 3 rings (SSSR count). The summed E-state index contributed by atoms with van der Waals surface area (Å²) in [4.78, 5) is 2.41. The van der Waals surface area contributed by atoms with Gasteiger partial charge in [0, 0.05) is 35.9 Å². The third-order valence-corrected chi connectivity index (χ3v) is 4.69. The lowest BCUT2D eigenvalue weighted by Crippen LogP contribution is -2.34. The van der Waals surface area contributed by atoms with Crippen LogP contribution in [0.2, 0.25) is 5.02 Å². The second kappa shape index (κ2) is 8.06. The van der Waals surface area contributed by atoms with Crippen molar-refractivity contribution in [3.8, 4) is 0 Å². The van der Waals surface area contributed by atoms with Gasteiger partial charge in [-0.3, -0.25) is 0 Å². The van der Waals surface area contributed by atoms with Crippen LogP contribution in [0.15, 0.2) is 59.8 Å². The molecule has 0 atom stereocenters. The quantitative estimate of drug-likeness (QED) is 0.361. The van der Waals surface area contributed by atoms with Gasteiger partial charge in [-0.2, -0.15) is 0 Å². The van der Waals surface area contributed by atoms with Crippen LogP contribution in [0.25, 0.3) is 0 Å². The van der Waals surface area contributed by atoms with E-state index in [0.717, 1.165) is 38.0 Å². The van der Waals surface area contributed by atoms with Gasteiger partial charge in [0.1, 0.15) is 5.84 Å². The number of nitrogens with zero attached hydrogens (tertiary/aromatic N) is 2. The third kappa shape index (κ3) is 4.42. The fourth-order valence-corrected chi connectivity index (χ4v) is 3.35. The number of para-hydroxylation sites is 1. The zero-order valence-corrected chi connectivity index (χ0v) is 14.3. The molecule has 0 bridgehead atoms. The van der Waals surface area contributed by atoms with Gasteiger partial charge in [0.15, 0.2) is 0 Å². The minimum Gasteiger partial charge on any atom is -0.409 e. The van der Waals surface area contributed by atoms with E-state index in [4.69, 9.17) is 11.6 Å². The first kappa shape index (κ1) is 16.7. The summed E-state index contributed by atoms with van der Waals surface area (Å²) in [6.45, 7) is 2.06. The molecule has 1 aliphatic rings. The van der Waals surface area contributed by atoms with E-state index in [2.05, 4.69) is 39.6 Å². The molecular weight excluding hydrogens is 322 g/mol. The number of oxime groups is 1. The Morgan fingerprint density at radius 1 is 1.12 bits per heavy atom. The summed E-state index contributed by atoms with van der Waals surface area (Å²) >= 11 is 5.99. The van der Waals surface area contributed by atoms with E-state index in [1.807, 2.05) is 30.3 Å². The van der Waals surface area contributed by atoms with Crippen molar-refractivity contribution in [2.45, 2.75) is 19.3 Å². The molecule has 0 saturated carbocycles. The zero-order chi connectivity index (χ0) is 16.8. The van der Waals surface area contributed by atoms with Crippen molar-refractivity contribution in [3.05, 3.63) is 59.6 Å². The first-order valence-electron chi connectivity index (χ1n) is 8.28. The molecule has 2 aromatic carbocycles. The van der Waals surface area contributed by atoms with Crippen molar-refractivity contribution >= 4 is 28.8 Å². The molecule has 0 amide bonds. The number of piperidine rings is 1. The van der Waals surface area contributed by atoms with Crippen molar-refractivity contribution in [2.24, 2.45) is 11.1 Å². The number of anilines is 2. The van der Waals surface area contributed by atoms with E-state index >= 15 is 0 Å². The molecular formula is C19H22ClN3O. The van der Waals surface area contributed by atoms with Crippen LogP contribution in [-0.4, -0.2) is 24.1 Å². The summed E-state index contributed by atoms with van der Waals surface area (Å²) in [6.07, 6.45) is 2.92. The molecule has 1 heterocycles. The minimum absolute atomic E-state index is 0.516. The normalized spacial score (nSPS) is 16.2. The van der Waals surface area contributed by atoms with Crippen molar-refractivity contribution in [2.75, 3.05) is 23.3 Å². The zero-order valence-electron chi connectivity index (χ0n) is 13.5. The lowest BCUT2D eigenvalue weighted by molar-refractivity contribution is 0.314. The van der Waals surface area contributed by atoms with Crippen LogP contribution in [-0.2, 0) is 0 Å². The van der Waals surface area contributed by atoms with Crippen LogP contribution in [0.1, 0.15) is 19.3 Å². The Morgan fingerprint density at radius 2 is 1.88 bits per heavy atom. The van der Waals surface area contributed by atoms with E-state index < -0.39 is 0 Å². The van der Waals surface area contributed by atoms with E-state index in [-0.39, 0.29) is 0 Å². The highest BCUT2D eigenvalue weighted by molar-refractivity contribution is 6.30. The van der Waals surface area contributed by atoms with Gasteiger partial charge < -0.3 is 15.4 Å². The van der Waals surface area contributed by atoms with Crippen LogP contribution >= 0.6 is 11.6 Å². The van der Waals surface area contributed by atoms with Gasteiger partial charge in [-0.15, -0.1) is 0 Å². The van der Waals surface area contributed by atoms with Crippen LogP contribution < -0.4 is 10.2 Å². The Bertz CT molecular complexity index is 682. The van der Waals surface area contributed by atoms with Crippen LogP contribution in [0, 0.1) is 5.92 Å². The highest BCUT2D eigenvalue weighted by Gasteiger charge is 2.21. The third-order valence-electron chi connectivity index (χ3n) is 4.45. The number of amidine groups is 1. The van der Waals surface area contributed by atoms with Gasteiger partial charge in [-0.25, -0.2) is 0 Å². The molecule has 2 aromatic rings. The predicted octanol–water partition coefficient (Wildman–Crippen LogP) is 4.85. The highest BCUT2D eigenvalue weighted by atomic mass is 35.5. The Morgan fingerprint density at radius 3 is 2.54 bits per heavy atom. The van der Waals surface area contributed by atoms with Gasteiger partial charge in [-0.05, 0) is 49.1 Å². The molecule has 2 N–H and O–H groups in total. The summed E-state index contributed by atoms with van der Waals surface area (Å²) in [5.74, 6) is 1.11. The molecule has 0 aliphatic carbocycles. The first-order valence-corrected chi connectivity index (χ1v) is 8.66. The Kier molecular flexibility index (Phi) is 5.59. The number of halogens is 1. The minimum atomic E-state index is 0.516. The number of rotatable bonds is 4. The van der Waals surface area contributed by atoms with Crippen LogP contribution in [0.4, 0.5) is 11.4 Å². The molecule has 5 heteroatoms. The Hall–Kier alpha value is -2.20. The van der Waals surface area contributed by atoms with E-state index in [9.17, 15) is 5.21 Å². The Balaban J connectivity index is 1.53. The van der Waals surface area contributed by atoms with E-state index in [1.165, 1.54) is 5.69 Å². The average molecular weight is 344 g/mol. The molecule has 1 saturated heterocycles. The van der Waals surface area contributed by atoms with E-state index in [0.29, 0.717) is 16.8 Å². The van der Waals surface area contributed by atoms with Gasteiger partial charge in [-0.1, -0.05) is 41.0 Å². The van der Waals surface area contributed by atoms with Crippen molar-refractivity contribution < 1.29 is 5.21 Å². The standard InChI is InChI=1S/C19H22ClN3O/c20-16-5-4-6-17(14-16)21-19(22-24)13-15-9-11-23(12-10-15)18-7-2-1-3-8-18/h1-8,14-15,24H,9-13H2,(H,21,22). The van der Waals surface area contributed by atoms with Crippen molar-refractivity contribution in [3.63, 3.8) is 0 Å². The maximum absolute atomic E-state index is 9.30. The fraction of sp³-hybridized carbons (Fsp3) is 0.316. The maximum atomic E-state index is 9.30.